The summed E-state index contributed by atoms with van der Waals surface area (Å²) in [5.41, 5.74) is 12.9. The van der Waals surface area contributed by atoms with Crippen LogP contribution in [-0.4, -0.2) is 11.6 Å². The number of amides is 1. The quantitative estimate of drug-likeness (QED) is 0.404. The number of nitrogens with one attached hydrogen (secondary N) is 1. The Bertz CT molecular complexity index is 973. The fourth-order valence-corrected chi connectivity index (χ4v) is 3.90. The summed E-state index contributed by atoms with van der Waals surface area (Å²) in [5.74, 6) is -0.203. The van der Waals surface area contributed by atoms with Crippen molar-refractivity contribution in [1.82, 2.24) is 5.43 Å². The van der Waals surface area contributed by atoms with Crippen LogP contribution in [0.4, 0.5) is 5.69 Å². The maximum absolute atomic E-state index is 12.9. The number of benzene rings is 3. The van der Waals surface area contributed by atoms with Gasteiger partial charge in [-0.05, 0) is 42.2 Å². The second-order valence-corrected chi connectivity index (χ2v) is 7.26. The van der Waals surface area contributed by atoms with E-state index in [4.69, 9.17) is 5.73 Å². The van der Waals surface area contributed by atoms with Crippen LogP contribution >= 0.6 is 0 Å². The minimum Gasteiger partial charge on any atom is -0.399 e. The van der Waals surface area contributed by atoms with Crippen molar-refractivity contribution in [3.63, 3.8) is 0 Å². The predicted octanol–water partition coefficient (Wildman–Crippen LogP) is 4.12. The van der Waals surface area contributed by atoms with Crippen molar-refractivity contribution in [1.29, 1.82) is 0 Å². The Labute approximate surface area is 165 Å². The molecule has 1 saturated carbocycles. The molecule has 1 aliphatic carbocycles. The summed E-state index contributed by atoms with van der Waals surface area (Å²) < 4.78 is 0. The van der Waals surface area contributed by atoms with Crippen molar-refractivity contribution in [2.24, 2.45) is 11.0 Å². The Morgan fingerprint density at radius 2 is 1.57 bits per heavy atom. The van der Waals surface area contributed by atoms with Crippen LogP contribution < -0.4 is 11.2 Å². The van der Waals surface area contributed by atoms with E-state index in [0.717, 1.165) is 28.8 Å². The molecule has 0 unspecified atom stereocenters. The summed E-state index contributed by atoms with van der Waals surface area (Å²) >= 11 is 0. The number of hydrogen-bond donors (Lipinski definition) is 2. The number of nitrogen functional groups attached to an aromatic ring is 1. The topological polar surface area (TPSA) is 67.5 Å². The number of anilines is 1. The van der Waals surface area contributed by atoms with Crippen LogP contribution in [0.2, 0.25) is 0 Å². The zero-order chi connectivity index (χ0) is 19.6. The van der Waals surface area contributed by atoms with Crippen molar-refractivity contribution < 1.29 is 4.79 Å². The molecule has 1 atom stereocenters. The van der Waals surface area contributed by atoms with Crippen LogP contribution in [0.1, 0.15) is 30.0 Å². The van der Waals surface area contributed by atoms with E-state index in [1.54, 1.807) is 0 Å². The Morgan fingerprint density at radius 3 is 2.14 bits per heavy atom. The molecule has 1 fully saturated rings. The van der Waals surface area contributed by atoms with Gasteiger partial charge in [-0.2, -0.15) is 5.10 Å². The Morgan fingerprint density at radius 1 is 0.964 bits per heavy atom. The maximum Gasteiger partial charge on any atom is 0.244 e. The Kier molecular flexibility index (Phi) is 4.70. The van der Waals surface area contributed by atoms with Crippen LogP contribution in [0.25, 0.3) is 0 Å². The third-order valence-electron chi connectivity index (χ3n) is 5.49. The molecule has 3 N–H and O–H groups in total. The smallest absolute Gasteiger partial charge is 0.244 e. The molecular formula is C24H23N3O. The third-order valence-corrected chi connectivity index (χ3v) is 5.49. The van der Waals surface area contributed by atoms with Gasteiger partial charge in [-0.25, -0.2) is 5.43 Å². The summed E-state index contributed by atoms with van der Waals surface area (Å²) in [6, 6.07) is 28.0. The molecule has 0 bridgehead atoms. The van der Waals surface area contributed by atoms with Gasteiger partial charge in [0.05, 0.1) is 11.6 Å². The average Bonchev–Trinajstić information content (AvgIpc) is 3.50. The van der Waals surface area contributed by atoms with Crippen molar-refractivity contribution in [3.05, 3.63) is 102 Å². The molecular weight excluding hydrogens is 346 g/mol. The molecule has 4 heteroatoms. The van der Waals surface area contributed by atoms with Crippen molar-refractivity contribution >= 4 is 17.3 Å². The first kappa shape index (κ1) is 18.0. The van der Waals surface area contributed by atoms with Gasteiger partial charge >= 0.3 is 0 Å². The summed E-state index contributed by atoms with van der Waals surface area (Å²) in [6.45, 7) is 1.86. The monoisotopic (exact) mass is 369 g/mol. The minimum atomic E-state index is -0.285. The molecule has 1 amide bonds. The van der Waals surface area contributed by atoms with Gasteiger partial charge in [0.25, 0.3) is 0 Å². The van der Waals surface area contributed by atoms with Gasteiger partial charge in [-0.15, -0.1) is 0 Å². The van der Waals surface area contributed by atoms with Crippen LogP contribution in [0.5, 0.6) is 0 Å². The van der Waals surface area contributed by atoms with Gasteiger partial charge in [-0.3, -0.25) is 4.79 Å². The van der Waals surface area contributed by atoms with Crippen LogP contribution in [0.3, 0.4) is 0 Å². The number of nitrogens with zero attached hydrogens (tertiary/aromatic N) is 1. The first-order chi connectivity index (χ1) is 13.6. The summed E-state index contributed by atoms with van der Waals surface area (Å²) in [4.78, 5) is 12.9. The summed E-state index contributed by atoms with van der Waals surface area (Å²) in [7, 11) is 0. The van der Waals surface area contributed by atoms with Gasteiger partial charge in [0.1, 0.15) is 0 Å². The fourth-order valence-electron chi connectivity index (χ4n) is 3.90. The third kappa shape index (κ3) is 3.29. The van der Waals surface area contributed by atoms with Crippen LogP contribution in [0.15, 0.2) is 90.0 Å². The second kappa shape index (κ2) is 7.31. The molecule has 4 nitrogen and oxygen atoms in total. The summed E-state index contributed by atoms with van der Waals surface area (Å²) in [5, 5.41) is 4.31. The number of rotatable bonds is 5. The highest BCUT2D eigenvalue weighted by Gasteiger charge is 2.60. The number of carbonyl (C=O) groups excluding carboxylic acids is 1. The lowest BCUT2D eigenvalue weighted by molar-refractivity contribution is -0.122. The van der Waals surface area contributed by atoms with Gasteiger partial charge in [-0.1, -0.05) is 72.8 Å². The van der Waals surface area contributed by atoms with Crippen LogP contribution in [-0.2, 0) is 10.2 Å². The second-order valence-electron chi connectivity index (χ2n) is 7.26. The number of carbonyl (C=O) groups is 1. The highest BCUT2D eigenvalue weighted by molar-refractivity contribution is 6.00. The standard InChI is InChI=1S/C24H23N3O/c1-17(18-9-8-14-21(25)15-18)26-27-23(28)22-16-24(22,19-10-4-2-5-11-19)20-12-6-3-7-13-20/h2-15,22H,16,25H2,1H3,(H,27,28)/b26-17-/t22-/m1/s1. The van der Waals surface area contributed by atoms with Crippen molar-refractivity contribution in [3.8, 4) is 0 Å². The van der Waals surface area contributed by atoms with E-state index in [-0.39, 0.29) is 17.2 Å². The average molecular weight is 369 g/mol. The van der Waals surface area contributed by atoms with Gasteiger partial charge in [0.15, 0.2) is 0 Å². The molecule has 0 radical (unpaired) electrons. The van der Waals surface area contributed by atoms with Gasteiger partial charge in [0, 0.05) is 11.1 Å². The Hall–Kier alpha value is -3.40. The zero-order valence-electron chi connectivity index (χ0n) is 15.8. The lowest BCUT2D eigenvalue weighted by atomic mass is 9.85. The van der Waals surface area contributed by atoms with E-state index in [2.05, 4.69) is 34.8 Å². The molecule has 4 rings (SSSR count). The van der Waals surface area contributed by atoms with Crippen molar-refractivity contribution in [2.75, 3.05) is 5.73 Å². The molecule has 1 aliphatic rings. The minimum absolute atomic E-state index is 0.0593. The summed E-state index contributed by atoms with van der Waals surface area (Å²) in [6.07, 6.45) is 0.777. The molecule has 0 saturated heterocycles. The fraction of sp³-hybridized carbons (Fsp3) is 0.167. The molecule has 3 aromatic carbocycles. The lowest BCUT2D eigenvalue weighted by Crippen LogP contribution is -2.26. The molecule has 0 heterocycles. The molecule has 140 valence electrons. The van der Waals surface area contributed by atoms with E-state index in [1.165, 1.54) is 0 Å². The van der Waals surface area contributed by atoms with Gasteiger partial charge in [0.2, 0.25) is 5.91 Å². The number of hydrazone groups is 1. The van der Waals surface area contributed by atoms with Crippen molar-refractivity contribution in [2.45, 2.75) is 18.8 Å². The van der Waals surface area contributed by atoms with E-state index in [0.29, 0.717) is 5.69 Å². The number of hydrogen-bond acceptors (Lipinski definition) is 3. The molecule has 0 aromatic heterocycles. The highest BCUT2D eigenvalue weighted by atomic mass is 16.2. The van der Waals surface area contributed by atoms with E-state index in [9.17, 15) is 4.79 Å². The zero-order valence-corrected chi connectivity index (χ0v) is 15.8. The van der Waals surface area contributed by atoms with Gasteiger partial charge < -0.3 is 5.73 Å². The van der Waals surface area contributed by atoms with E-state index in [1.807, 2.05) is 67.6 Å². The molecule has 0 aliphatic heterocycles. The van der Waals surface area contributed by atoms with E-state index < -0.39 is 0 Å². The lowest BCUT2D eigenvalue weighted by Gasteiger charge is -2.18. The molecule has 3 aromatic rings. The predicted molar refractivity (Wildman–Crippen MR) is 113 cm³/mol. The molecule has 0 spiro atoms. The maximum atomic E-state index is 12.9. The normalized spacial score (nSPS) is 17.8. The SMILES string of the molecule is C/C(=N/NC(=O)[C@H]1CC1(c1ccccc1)c1ccccc1)c1cccc(N)c1. The first-order valence-corrected chi connectivity index (χ1v) is 9.42. The molecule has 28 heavy (non-hydrogen) atoms. The number of nitrogens with two attached hydrogens (primary N) is 1. The Balaban J connectivity index is 1.57. The van der Waals surface area contributed by atoms with E-state index >= 15 is 0 Å². The van der Waals surface area contributed by atoms with Crippen LogP contribution in [0, 0.1) is 5.92 Å². The highest BCUT2D eigenvalue weighted by Crippen LogP contribution is 2.58. The largest absolute Gasteiger partial charge is 0.399 e. The first-order valence-electron chi connectivity index (χ1n) is 9.42.